The van der Waals surface area contributed by atoms with Crippen LogP contribution in [0, 0.1) is 0 Å². The fourth-order valence-electron chi connectivity index (χ4n) is 2.85. The van der Waals surface area contributed by atoms with Crippen LogP contribution in [0.5, 0.6) is 0 Å². The van der Waals surface area contributed by atoms with Crippen LogP contribution < -0.4 is 0 Å². The third kappa shape index (κ3) is 3.71. The Morgan fingerprint density at radius 2 is 1.29 bits per heavy atom. The first kappa shape index (κ1) is 17.7. The molecule has 0 unspecified atom stereocenters. The summed E-state index contributed by atoms with van der Waals surface area (Å²) in [5.41, 5.74) is 4.95. The zero-order valence-corrected chi connectivity index (χ0v) is 15.9. The highest BCUT2D eigenvalue weighted by atomic mass is 15.0. The SMILES string of the molecule is C/C=C(\C)c1nc(-c2ccccc2)nc(-c2ccc(-c3ccccn3)cc2)n1. The van der Waals surface area contributed by atoms with Gasteiger partial charge in [0.1, 0.15) is 0 Å². The Morgan fingerprint density at radius 3 is 1.89 bits per heavy atom. The predicted molar refractivity (Wildman–Crippen MR) is 113 cm³/mol. The summed E-state index contributed by atoms with van der Waals surface area (Å²) in [7, 11) is 0. The van der Waals surface area contributed by atoms with E-state index in [1.807, 2.05) is 92.7 Å². The monoisotopic (exact) mass is 364 g/mol. The molecule has 4 heteroatoms. The second kappa shape index (κ2) is 7.92. The van der Waals surface area contributed by atoms with Crippen LogP contribution in [-0.4, -0.2) is 19.9 Å². The van der Waals surface area contributed by atoms with Crippen molar-refractivity contribution in [2.75, 3.05) is 0 Å². The summed E-state index contributed by atoms with van der Waals surface area (Å²) in [6.45, 7) is 4.00. The molecule has 2 heterocycles. The molecule has 28 heavy (non-hydrogen) atoms. The van der Waals surface area contributed by atoms with Crippen molar-refractivity contribution < 1.29 is 0 Å². The van der Waals surface area contributed by atoms with Gasteiger partial charge in [-0.05, 0) is 31.6 Å². The summed E-state index contributed by atoms with van der Waals surface area (Å²) < 4.78 is 0. The molecule has 0 aliphatic carbocycles. The molecule has 0 saturated heterocycles. The quantitative estimate of drug-likeness (QED) is 0.467. The largest absolute Gasteiger partial charge is 0.256 e. The number of pyridine rings is 1. The fourth-order valence-corrected chi connectivity index (χ4v) is 2.85. The predicted octanol–water partition coefficient (Wildman–Crippen LogP) is 5.69. The normalized spacial score (nSPS) is 11.4. The fraction of sp³-hybridized carbons (Fsp3) is 0.0833. The van der Waals surface area contributed by atoms with E-state index in [9.17, 15) is 0 Å². The molecule has 2 aromatic heterocycles. The molecule has 0 spiro atoms. The van der Waals surface area contributed by atoms with E-state index in [-0.39, 0.29) is 0 Å². The number of benzene rings is 2. The molecule has 0 fully saturated rings. The minimum atomic E-state index is 0.664. The van der Waals surface area contributed by atoms with Crippen molar-refractivity contribution in [3.8, 4) is 34.0 Å². The molecule has 0 aliphatic heterocycles. The zero-order chi connectivity index (χ0) is 19.3. The molecule has 136 valence electrons. The van der Waals surface area contributed by atoms with Gasteiger partial charge in [-0.15, -0.1) is 0 Å². The highest BCUT2D eigenvalue weighted by molar-refractivity contribution is 5.68. The van der Waals surface area contributed by atoms with Gasteiger partial charge in [0.15, 0.2) is 17.5 Å². The summed E-state index contributed by atoms with van der Waals surface area (Å²) >= 11 is 0. The summed E-state index contributed by atoms with van der Waals surface area (Å²) in [6, 6.07) is 24.0. The highest BCUT2D eigenvalue weighted by Gasteiger charge is 2.11. The molecule has 0 saturated carbocycles. The van der Waals surface area contributed by atoms with Gasteiger partial charge in [0.05, 0.1) is 5.69 Å². The van der Waals surface area contributed by atoms with Crippen molar-refractivity contribution in [2.45, 2.75) is 13.8 Å². The Morgan fingerprint density at radius 1 is 0.679 bits per heavy atom. The third-order valence-electron chi connectivity index (χ3n) is 4.56. The van der Waals surface area contributed by atoms with Gasteiger partial charge in [0, 0.05) is 22.9 Å². The van der Waals surface area contributed by atoms with Gasteiger partial charge in [0.2, 0.25) is 0 Å². The van der Waals surface area contributed by atoms with E-state index in [1.165, 1.54) is 0 Å². The molecule has 0 aliphatic rings. The number of nitrogens with zero attached hydrogens (tertiary/aromatic N) is 4. The average Bonchev–Trinajstić information content (AvgIpc) is 2.79. The maximum atomic E-state index is 4.73. The lowest BCUT2D eigenvalue weighted by Gasteiger charge is -2.09. The first-order valence-corrected chi connectivity index (χ1v) is 9.21. The lowest BCUT2D eigenvalue weighted by molar-refractivity contribution is 1.03. The second-order valence-electron chi connectivity index (χ2n) is 6.44. The van der Waals surface area contributed by atoms with Crippen molar-refractivity contribution in [2.24, 2.45) is 0 Å². The van der Waals surface area contributed by atoms with Crippen LogP contribution >= 0.6 is 0 Å². The third-order valence-corrected chi connectivity index (χ3v) is 4.56. The van der Waals surface area contributed by atoms with E-state index < -0.39 is 0 Å². The van der Waals surface area contributed by atoms with Crippen molar-refractivity contribution in [3.63, 3.8) is 0 Å². The van der Waals surface area contributed by atoms with Crippen molar-refractivity contribution in [1.29, 1.82) is 0 Å². The van der Waals surface area contributed by atoms with E-state index in [0.29, 0.717) is 17.5 Å². The average molecular weight is 364 g/mol. The maximum absolute atomic E-state index is 4.73. The van der Waals surface area contributed by atoms with Crippen LogP contribution in [0.3, 0.4) is 0 Å². The second-order valence-corrected chi connectivity index (χ2v) is 6.44. The van der Waals surface area contributed by atoms with Crippen LogP contribution in [-0.2, 0) is 0 Å². The van der Waals surface area contributed by atoms with Crippen LogP contribution in [0.2, 0.25) is 0 Å². The molecule has 0 N–H and O–H groups in total. The van der Waals surface area contributed by atoms with Gasteiger partial charge >= 0.3 is 0 Å². The highest BCUT2D eigenvalue weighted by Crippen LogP contribution is 2.25. The molecular formula is C24H20N4. The Hall–Kier alpha value is -3.66. The number of hydrogen-bond donors (Lipinski definition) is 0. The summed E-state index contributed by atoms with van der Waals surface area (Å²) in [4.78, 5) is 18.5. The molecule has 0 amide bonds. The number of rotatable bonds is 4. The molecule has 0 radical (unpaired) electrons. The Bertz CT molecular complexity index is 1100. The van der Waals surface area contributed by atoms with E-state index in [0.717, 1.165) is 28.0 Å². The maximum Gasteiger partial charge on any atom is 0.164 e. The minimum Gasteiger partial charge on any atom is -0.256 e. The van der Waals surface area contributed by atoms with E-state index in [4.69, 9.17) is 9.97 Å². The summed E-state index contributed by atoms with van der Waals surface area (Å²) in [5, 5.41) is 0. The van der Waals surface area contributed by atoms with Gasteiger partial charge < -0.3 is 0 Å². The first-order valence-electron chi connectivity index (χ1n) is 9.21. The number of allylic oxidation sites excluding steroid dienone is 2. The van der Waals surface area contributed by atoms with Crippen LogP contribution in [0.1, 0.15) is 19.7 Å². The first-order chi connectivity index (χ1) is 13.7. The van der Waals surface area contributed by atoms with E-state index in [1.54, 1.807) is 6.20 Å². The van der Waals surface area contributed by atoms with E-state index >= 15 is 0 Å². The Kier molecular flexibility index (Phi) is 5.02. The summed E-state index contributed by atoms with van der Waals surface area (Å²) in [5.74, 6) is 2.04. The van der Waals surface area contributed by atoms with Crippen LogP contribution in [0.15, 0.2) is 85.1 Å². The number of aromatic nitrogens is 4. The van der Waals surface area contributed by atoms with Gasteiger partial charge in [-0.1, -0.05) is 66.7 Å². The molecule has 0 bridgehead atoms. The van der Waals surface area contributed by atoms with Crippen molar-refractivity contribution in [3.05, 3.63) is 90.9 Å². The van der Waals surface area contributed by atoms with Crippen molar-refractivity contribution >= 4 is 5.57 Å². The molecule has 2 aromatic carbocycles. The van der Waals surface area contributed by atoms with Crippen molar-refractivity contribution in [1.82, 2.24) is 19.9 Å². The lowest BCUT2D eigenvalue weighted by Crippen LogP contribution is -2.01. The van der Waals surface area contributed by atoms with Gasteiger partial charge in [-0.2, -0.15) is 0 Å². The van der Waals surface area contributed by atoms with Gasteiger partial charge in [-0.25, -0.2) is 15.0 Å². The van der Waals surface area contributed by atoms with E-state index in [2.05, 4.69) is 9.97 Å². The van der Waals surface area contributed by atoms with Gasteiger partial charge in [-0.3, -0.25) is 4.98 Å². The Labute approximate surface area is 164 Å². The number of hydrogen-bond acceptors (Lipinski definition) is 4. The zero-order valence-electron chi connectivity index (χ0n) is 15.9. The minimum absolute atomic E-state index is 0.664. The van der Waals surface area contributed by atoms with Crippen LogP contribution in [0.4, 0.5) is 0 Å². The Balaban J connectivity index is 1.78. The molecule has 4 rings (SSSR count). The topological polar surface area (TPSA) is 51.6 Å². The smallest absolute Gasteiger partial charge is 0.164 e. The molecule has 4 nitrogen and oxygen atoms in total. The summed E-state index contributed by atoms with van der Waals surface area (Å²) in [6.07, 6.45) is 3.81. The lowest BCUT2D eigenvalue weighted by atomic mass is 10.1. The van der Waals surface area contributed by atoms with Gasteiger partial charge in [0.25, 0.3) is 0 Å². The standard InChI is InChI=1S/C24H20N4/c1-3-17(2)22-26-23(19-9-5-4-6-10-19)28-24(27-22)20-14-12-18(13-15-20)21-11-7-8-16-25-21/h3-16H,1-2H3/b17-3+. The van der Waals surface area contributed by atoms with Crippen LogP contribution in [0.25, 0.3) is 39.6 Å². The molecule has 0 atom stereocenters. The molecule has 4 aromatic rings. The molecular weight excluding hydrogens is 344 g/mol.